The van der Waals surface area contributed by atoms with Gasteiger partial charge in [-0.3, -0.25) is 4.79 Å². The van der Waals surface area contributed by atoms with Gasteiger partial charge in [-0.1, -0.05) is 83.4 Å². The summed E-state index contributed by atoms with van der Waals surface area (Å²) in [5.74, 6) is 2.03. The molecule has 0 saturated carbocycles. The van der Waals surface area contributed by atoms with E-state index >= 15 is 0 Å². The van der Waals surface area contributed by atoms with Crippen LogP contribution in [0.1, 0.15) is 89.7 Å². The number of amides is 1. The fraction of sp³-hybridized carbons (Fsp3) is 0.424. The van der Waals surface area contributed by atoms with E-state index in [0.29, 0.717) is 24.9 Å². The third-order valence-corrected chi connectivity index (χ3v) is 7.18. The molecule has 3 aromatic rings. The molecule has 0 fully saturated rings. The zero-order valence-corrected chi connectivity index (χ0v) is 23.1. The zero-order chi connectivity index (χ0) is 26.5. The SMILES string of the molecule is CCCC(CC)CCC(=O)Nc1cccc(Nc2ccc(OCc3ccccc3)cc2C(CC)CC)c1. The molecule has 2 N–H and O–H groups in total. The Morgan fingerprint density at radius 2 is 1.57 bits per heavy atom. The van der Waals surface area contributed by atoms with Crippen molar-refractivity contribution in [1.82, 2.24) is 0 Å². The maximum absolute atomic E-state index is 12.6. The van der Waals surface area contributed by atoms with Gasteiger partial charge in [-0.2, -0.15) is 0 Å². The summed E-state index contributed by atoms with van der Waals surface area (Å²) >= 11 is 0. The number of carbonyl (C=O) groups is 1. The molecule has 3 aromatic carbocycles. The summed E-state index contributed by atoms with van der Waals surface area (Å²) in [4.78, 5) is 12.6. The molecule has 0 saturated heterocycles. The van der Waals surface area contributed by atoms with Crippen molar-refractivity contribution in [2.24, 2.45) is 5.92 Å². The minimum atomic E-state index is 0.0874. The monoisotopic (exact) mass is 500 g/mol. The van der Waals surface area contributed by atoms with Crippen molar-refractivity contribution < 1.29 is 9.53 Å². The molecule has 1 unspecified atom stereocenters. The van der Waals surface area contributed by atoms with Crippen LogP contribution in [0, 0.1) is 5.92 Å². The lowest BCUT2D eigenvalue weighted by Gasteiger charge is -2.20. The van der Waals surface area contributed by atoms with E-state index in [1.54, 1.807) is 0 Å². The standard InChI is InChI=1S/C33H44N2O2/c1-5-13-25(6-2)18-21-33(36)35-29-17-12-16-28(22-29)34-32-20-19-30(23-31(32)27(7-3)8-4)37-24-26-14-10-9-11-15-26/h9-12,14-17,19-20,22-23,25,27,34H,5-8,13,18,21,24H2,1-4H3,(H,35,36). The highest BCUT2D eigenvalue weighted by atomic mass is 16.5. The maximum Gasteiger partial charge on any atom is 0.224 e. The van der Waals surface area contributed by atoms with Crippen molar-refractivity contribution in [2.75, 3.05) is 10.6 Å². The average Bonchev–Trinajstić information content (AvgIpc) is 2.92. The Balaban J connectivity index is 1.70. The van der Waals surface area contributed by atoms with Gasteiger partial charge in [-0.15, -0.1) is 0 Å². The highest BCUT2D eigenvalue weighted by Crippen LogP contribution is 2.35. The van der Waals surface area contributed by atoms with E-state index in [1.807, 2.05) is 48.5 Å². The summed E-state index contributed by atoms with van der Waals surface area (Å²) < 4.78 is 6.13. The number of carbonyl (C=O) groups excluding carboxylic acids is 1. The minimum Gasteiger partial charge on any atom is -0.489 e. The molecule has 0 radical (unpaired) electrons. The molecular weight excluding hydrogens is 456 g/mol. The third-order valence-electron chi connectivity index (χ3n) is 7.18. The van der Waals surface area contributed by atoms with Gasteiger partial charge in [0.2, 0.25) is 5.91 Å². The molecule has 1 atom stereocenters. The van der Waals surface area contributed by atoms with E-state index in [1.165, 1.54) is 18.4 Å². The maximum atomic E-state index is 12.6. The van der Waals surface area contributed by atoms with Crippen molar-refractivity contribution in [3.63, 3.8) is 0 Å². The largest absolute Gasteiger partial charge is 0.489 e. The second-order valence-corrected chi connectivity index (χ2v) is 9.89. The van der Waals surface area contributed by atoms with Crippen LogP contribution in [0.5, 0.6) is 5.75 Å². The first-order valence-electron chi connectivity index (χ1n) is 14.0. The Morgan fingerprint density at radius 1 is 0.811 bits per heavy atom. The van der Waals surface area contributed by atoms with E-state index < -0.39 is 0 Å². The molecule has 0 aliphatic carbocycles. The van der Waals surface area contributed by atoms with Gasteiger partial charge in [0.05, 0.1) is 0 Å². The summed E-state index contributed by atoms with van der Waals surface area (Å²) in [7, 11) is 0. The molecule has 198 valence electrons. The first-order valence-corrected chi connectivity index (χ1v) is 14.0. The van der Waals surface area contributed by atoms with E-state index in [-0.39, 0.29) is 5.91 Å². The van der Waals surface area contributed by atoms with Crippen LogP contribution in [0.2, 0.25) is 0 Å². The summed E-state index contributed by atoms with van der Waals surface area (Å²) in [6.07, 6.45) is 7.13. The molecule has 4 heteroatoms. The second-order valence-electron chi connectivity index (χ2n) is 9.89. The highest BCUT2D eigenvalue weighted by molar-refractivity contribution is 5.91. The van der Waals surface area contributed by atoms with Crippen molar-refractivity contribution in [3.05, 3.63) is 83.9 Å². The van der Waals surface area contributed by atoms with Gasteiger partial charge < -0.3 is 15.4 Å². The molecule has 3 rings (SSSR count). The van der Waals surface area contributed by atoms with Crippen molar-refractivity contribution >= 4 is 23.0 Å². The Kier molecular flexibility index (Phi) is 11.5. The molecule has 1 amide bonds. The van der Waals surface area contributed by atoms with Crippen LogP contribution in [0.25, 0.3) is 0 Å². The van der Waals surface area contributed by atoms with Crippen LogP contribution < -0.4 is 15.4 Å². The Hall–Kier alpha value is -3.27. The Bertz CT molecular complexity index is 1090. The van der Waals surface area contributed by atoms with Crippen LogP contribution in [0.3, 0.4) is 0 Å². The van der Waals surface area contributed by atoms with Crippen LogP contribution in [0.15, 0.2) is 72.8 Å². The van der Waals surface area contributed by atoms with Crippen LogP contribution in [-0.4, -0.2) is 5.91 Å². The van der Waals surface area contributed by atoms with E-state index in [2.05, 4.69) is 62.6 Å². The van der Waals surface area contributed by atoms with E-state index in [4.69, 9.17) is 4.74 Å². The average molecular weight is 501 g/mol. The van der Waals surface area contributed by atoms with Crippen LogP contribution >= 0.6 is 0 Å². The predicted molar refractivity (Wildman–Crippen MR) is 157 cm³/mol. The topological polar surface area (TPSA) is 50.4 Å². The minimum absolute atomic E-state index is 0.0874. The van der Waals surface area contributed by atoms with E-state index in [0.717, 1.165) is 54.1 Å². The first-order chi connectivity index (χ1) is 18.1. The number of hydrogen-bond acceptors (Lipinski definition) is 3. The molecule has 0 aromatic heterocycles. The lowest BCUT2D eigenvalue weighted by atomic mass is 9.92. The van der Waals surface area contributed by atoms with Crippen molar-refractivity contribution in [2.45, 2.75) is 85.2 Å². The highest BCUT2D eigenvalue weighted by Gasteiger charge is 2.15. The Morgan fingerprint density at radius 3 is 2.27 bits per heavy atom. The van der Waals surface area contributed by atoms with Gasteiger partial charge >= 0.3 is 0 Å². The molecule has 0 aliphatic heterocycles. The van der Waals surface area contributed by atoms with Gasteiger partial charge in [0, 0.05) is 23.5 Å². The van der Waals surface area contributed by atoms with Crippen molar-refractivity contribution in [1.29, 1.82) is 0 Å². The quantitative estimate of drug-likeness (QED) is 0.218. The number of hydrogen-bond donors (Lipinski definition) is 2. The predicted octanol–water partition coefficient (Wildman–Crippen LogP) is 9.46. The summed E-state index contributed by atoms with van der Waals surface area (Å²) in [5.41, 5.74) is 5.27. The number of nitrogens with one attached hydrogen (secondary N) is 2. The first kappa shape index (κ1) is 28.3. The second kappa shape index (κ2) is 15.1. The molecular formula is C33H44N2O2. The molecule has 0 heterocycles. The van der Waals surface area contributed by atoms with Gasteiger partial charge in [0.25, 0.3) is 0 Å². The molecule has 0 spiro atoms. The normalized spacial score (nSPS) is 11.8. The fourth-order valence-electron chi connectivity index (χ4n) is 4.90. The zero-order valence-electron chi connectivity index (χ0n) is 23.1. The molecule has 4 nitrogen and oxygen atoms in total. The van der Waals surface area contributed by atoms with Crippen LogP contribution in [0.4, 0.5) is 17.1 Å². The van der Waals surface area contributed by atoms with Gasteiger partial charge in [0.15, 0.2) is 0 Å². The van der Waals surface area contributed by atoms with Crippen molar-refractivity contribution in [3.8, 4) is 5.75 Å². The summed E-state index contributed by atoms with van der Waals surface area (Å²) in [6, 6.07) is 24.6. The lowest BCUT2D eigenvalue weighted by Crippen LogP contribution is -2.13. The third kappa shape index (κ3) is 8.96. The number of anilines is 3. The van der Waals surface area contributed by atoms with Gasteiger partial charge in [0.1, 0.15) is 12.4 Å². The summed E-state index contributed by atoms with van der Waals surface area (Å²) in [6.45, 7) is 9.44. The molecule has 0 aliphatic rings. The Labute approximate surface area is 223 Å². The van der Waals surface area contributed by atoms with E-state index in [9.17, 15) is 4.79 Å². The van der Waals surface area contributed by atoms with Gasteiger partial charge in [-0.25, -0.2) is 0 Å². The summed E-state index contributed by atoms with van der Waals surface area (Å²) in [5, 5.41) is 6.70. The molecule has 37 heavy (non-hydrogen) atoms. The van der Waals surface area contributed by atoms with Gasteiger partial charge in [-0.05, 0) is 78.6 Å². The number of rotatable bonds is 15. The number of ether oxygens (including phenoxy) is 1. The smallest absolute Gasteiger partial charge is 0.224 e. The van der Waals surface area contributed by atoms with Crippen LogP contribution in [-0.2, 0) is 11.4 Å². The fourth-order valence-corrected chi connectivity index (χ4v) is 4.90. The number of benzene rings is 3. The molecule has 0 bridgehead atoms. The lowest BCUT2D eigenvalue weighted by molar-refractivity contribution is -0.116.